The second-order valence-electron chi connectivity index (χ2n) is 10.5. The molecule has 238 valence electrons. The molecule has 0 spiro atoms. The van der Waals surface area contributed by atoms with Crippen molar-refractivity contribution in [2.24, 2.45) is 11.8 Å². The summed E-state index contributed by atoms with van der Waals surface area (Å²) >= 11 is 0. The van der Waals surface area contributed by atoms with Crippen molar-refractivity contribution in [3.63, 3.8) is 0 Å². The molecule has 12 nitrogen and oxygen atoms in total. The van der Waals surface area contributed by atoms with E-state index in [9.17, 15) is 24.3 Å². The van der Waals surface area contributed by atoms with E-state index in [-0.39, 0.29) is 55.6 Å². The molecular weight excluding hydrogens is 550 g/mol. The summed E-state index contributed by atoms with van der Waals surface area (Å²) in [6.45, 7) is 13.4. The van der Waals surface area contributed by atoms with Crippen LogP contribution in [0.1, 0.15) is 79.7 Å². The van der Waals surface area contributed by atoms with Gasteiger partial charge in [0.15, 0.2) is 11.5 Å². The Morgan fingerprint density at radius 1 is 0.786 bits per heavy atom. The Bertz CT molecular complexity index is 999. The number of nitrogens with one attached hydrogen (secondary N) is 1. The van der Waals surface area contributed by atoms with Gasteiger partial charge in [-0.25, -0.2) is 14.4 Å². The van der Waals surface area contributed by atoms with Gasteiger partial charge in [-0.1, -0.05) is 59.9 Å². The lowest BCUT2D eigenvalue weighted by Gasteiger charge is -2.20. The number of aliphatic carboxylic acids is 1. The number of carbonyl (C=O) groups excluding carboxylic acids is 3. The molecule has 2 N–H and O–H groups in total. The van der Waals surface area contributed by atoms with Crippen LogP contribution in [-0.2, 0) is 30.2 Å². The maximum Gasteiger partial charge on any atom is 0.513 e. The van der Waals surface area contributed by atoms with E-state index in [0.29, 0.717) is 12.0 Å². The molecule has 0 saturated carbocycles. The van der Waals surface area contributed by atoms with Crippen LogP contribution in [0.25, 0.3) is 0 Å². The molecule has 0 saturated heterocycles. The van der Waals surface area contributed by atoms with E-state index in [0.717, 1.165) is 19.3 Å². The highest BCUT2D eigenvalue weighted by Crippen LogP contribution is 2.30. The molecule has 0 heterocycles. The van der Waals surface area contributed by atoms with Gasteiger partial charge < -0.3 is 38.8 Å². The summed E-state index contributed by atoms with van der Waals surface area (Å²) in [5.74, 6) is -1.12. The van der Waals surface area contributed by atoms with Crippen molar-refractivity contribution in [1.82, 2.24) is 5.32 Å². The summed E-state index contributed by atoms with van der Waals surface area (Å²) < 4.78 is 31.2. The van der Waals surface area contributed by atoms with E-state index >= 15 is 0 Å². The molecule has 4 unspecified atom stereocenters. The third-order valence-corrected chi connectivity index (χ3v) is 6.44. The molecular formula is C30H47NO11. The third kappa shape index (κ3) is 14.9. The zero-order valence-corrected chi connectivity index (χ0v) is 25.8. The fourth-order valence-corrected chi connectivity index (χ4v) is 3.39. The highest BCUT2D eigenvalue weighted by atomic mass is 16.7. The molecule has 5 atom stereocenters. The van der Waals surface area contributed by atoms with Crippen LogP contribution >= 0.6 is 0 Å². The molecule has 1 aromatic carbocycles. The molecule has 0 fully saturated rings. The van der Waals surface area contributed by atoms with Crippen LogP contribution in [-0.4, -0.2) is 67.6 Å². The molecule has 0 bridgehead atoms. The zero-order valence-electron chi connectivity index (χ0n) is 25.8. The minimum atomic E-state index is -1.15. The summed E-state index contributed by atoms with van der Waals surface area (Å²) in [6.07, 6.45) is -0.603. The van der Waals surface area contributed by atoms with Crippen molar-refractivity contribution in [2.45, 2.75) is 98.8 Å². The summed E-state index contributed by atoms with van der Waals surface area (Å²) in [5, 5.41) is 12.6. The van der Waals surface area contributed by atoms with Gasteiger partial charge in [-0.05, 0) is 56.2 Å². The number of rotatable bonds is 18. The molecule has 42 heavy (non-hydrogen) atoms. The Kier molecular flexibility index (Phi) is 17.0. The number of hydrogen-bond donors (Lipinski definition) is 2. The highest BCUT2D eigenvalue weighted by molar-refractivity contribution is 5.74. The first-order valence-corrected chi connectivity index (χ1v) is 14.5. The standard InChI is InChI=1S/C30H47NO11/c1-8-11-21(6)39-30(36)40-22(7)16-31-24(27(32)33)14-23-12-13-25(41-28(34)37-17-19(4)9-2)26(15-23)42-29(35)38-18-20(5)10-3/h12-13,15,19-22,24,31H,8-11,14,16-18H2,1-7H3,(H,32,33)/t19?,20?,21?,22?,24-/m0/s1. The number of benzene rings is 1. The fourth-order valence-electron chi connectivity index (χ4n) is 3.39. The number of hydrogen-bond acceptors (Lipinski definition) is 11. The number of carboxylic acid groups (broad SMARTS) is 1. The van der Waals surface area contributed by atoms with Crippen LogP contribution in [0, 0.1) is 11.8 Å². The van der Waals surface area contributed by atoms with Gasteiger partial charge in [-0.15, -0.1) is 0 Å². The Hall–Kier alpha value is -3.54. The van der Waals surface area contributed by atoms with Crippen LogP contribution in [0.2, 0.25) is 0 Å². The molecule has 1 aromatic rings. The summed E-state index contributed by atoms with van der Waals surface area (Å²) in [4.78, 5) is 48.5. The number of carboxylic acids is 1. The van der Waals surface area contributed by atoms with E-state index in [1.165, 1.54) is 12.1 Å². The maximum absolute atomic E-state index is 12.4. The van der Waals surface area contributed by atoms with Gasteiger partial charge in [0.05, 0.1) is 13.2 Å². The van der Waals surface area contributed by atoms with Crippen molar-refractivity contribution < 1.29 is 52.7 Å². The zero-order chi connectivity index (χ0) is 31.7. The van der Waals surface area contributed by atoms with Crippen LogP contribution in [0.4, 0.5) is 14.4 Å². The van der Waals surface area contributed by atoms with Gasteiger partial charge in [0.2, 0.25) is 0 Å². The lowest BCUT2D eigenvalue weighted by Crippen LogP contribution is -2.42. The lowest BCUT2D eigenvalue weighted by molar-refractivity contribution is -0.139. The van der Waals surface area contributed by atoms with Gasteiger partial charge in [0.1, 0.15) is 18.2 Å². The molecule has 1 rings (SSSR count). The molecule has 0 radical (unpaired) electrons. The van der Waals surface area contributed by atoms with Crippen LogP contribution in [0.15, 0.2) is 18.2 Å². The predicted molar refractivity (Wildman–Crippen MR) is 154 cm³/mol. The Morgan fingerprint density at radius 3 is 1.86 bits per heavy atom. The Labute approximate surface area is 248 Å². The topological polar surface area (TPSA) is 156 Å². The largest absolute Gasteiger partial charge is 0.513 e. The van der Waals surface area contributed by atoms with Crippen LogP contribution in [0.3, 0.4) is 0 Å². The van der Waals surface area contributed by atoms with E-state index in [2.05, 4.69) is 5.32 Å². The average Bonchev–Trinajstić information content (AvgIpc) is 2.93. The van der Waals surface area contributed by atoms with Gasteiger partial charge in [-0.2, -0.15) is 0 Å². The second kappa shape index (κ2) is 19.6. The molecule has 0 aromatic heterocycles. The second-order valence-corrected chi connectivity index (χ2v) is 10.5. The van der Waals surface area contributed by atoms with E-state index in [1.54, 1.807) is 19.9 Å². The van der Waals surface area contributed by atoms with E-state index in [4.69, 9.17) is 28.4 Å². The highest BCUT2D eigenvalue weighted by Gasteiger charge is 2.23. The average molecular weight is 598 g/mol. The first-order valence-electron chi connectivity index (χ1n) is 14.5. The quantitative estimate of drug-likeness (QED) is 0.114. The Balaban J connectivity index is 2.96. The Morgan fingerprint density at radius 2 is 1.33 bits per heavy atom. The molecule has 0 amide bonds. The normalized spacial score (nSPS) is 14.5. The monoisotopic (exact) mass is 597 g/mol. The predicted octanol–water partition coefficient (Wildman–Crippen LogP) is 6.13. The minimum absolute atomic E-state index is 0.0307. The van der Waals surface area contributed by atoms with Crippen molar-refractivity contribution >= 4 is 24.4 Å². The molecule has 0 aliphatic carbocycles. The number of ether oxygens (including phenoxy) is 6. The molecule has 0 aliphatic heterocycles. The maximum atomic E-state index is 12.4. The minimum Gasteiger partial charge on any atom is -0.480 e. The smallest absolute Gasteiger partial charge is 0.480 e. The van der Waals surface area contributed by atoms with Crippen molar-refractivity contribution in [3.05, 3.63) is 23.8 Å². The van der Waals surface area contributed by atoms with Crippen LogP contribution in [0.5, 0.6) is 11.5 Å². The molecule has 12 heteroatoms. The lowest BCUT2D eigenvalue weighted by atomic mass is 10.0. The summed E-state index contributed by atoms with van der Waals surface area (Å²) in [7, 11) is 0. The molecule has 0 aliphatic rings. The number of carbonyl (C=O) groups is 4. The van der Waals surface area contributed by atoms with Gasteiger partial charge in [0, 0.05) is 6.54 Å². The first kappa shape index (κ1) is 36.5. The first-order chi connectivity index (χ1) is 19.9. The van der Waals surface area contributed by atoms with Crippen LogP contribution < -0.4 is 14.8 Å². The fraction of sp³-hybridized carbons (Fsp3) is 0.667. The van der Waals surface area contributed by atoms with Crippen molar-refractivity contribution in [3.8, 4) is 11.5 Å². The van der Waals surface area contributed by atoms with Crippen molar-refractivity contribution in [1.29, 1.82) is 0 Å². The summed E-state index contributed by atoms with van der Waals surface area (Å²) in [5.41, 5.74) is 0.460. The van der Waals surface area contributed by atoms with Gasteiger partial charge in [-0.3, -0.25) is 4.79 Å². The SMILES string of the molecule is CCCC(C)OC(=O)OC(C)CN[C@@H](Cc1ccc(OC(=O)OCC(C)CC)c(OC(=O)OCC(C)CC)c1)C(=O)O. The van der Waals surface area contributed by atoms with Gasteiger partial charge in [0.25, 0.3) is 0 Å². The van der Waals surface area contributed by atoms with Crippen molar-refractivity contribution in [2.75, 3.05) is 19.8 Å². The van der Waals surface area contributed by atoms with E-state index in [1.807, 2.05) is 34.6 Å². The van der Waals surface area contributed by atoms with E-state index < -0.39 is 36.6 Å². The van der Waals surface area contributed by atoms with Gasteiger partial charge >= 0.3 is 24.4 Å². The summed E-state index contributed by atoms with van der Waals surface area (Å²) in [6, 6.07) is 3.24. The third-order valence-electron chi connectivity index (χ3n) is 6.44.